The van der Waals surface area contributed by atoms with Gasteiger partial charge in [-0.2, -0.15) is 0 Å². The highest BCUT2D eigenvalue weighted by Gasteiger charge is 2.34. The van der Waals surface area contributed by atoms with Crippen molar-refractivity contribution >= 4 is 23.9 Å². The highest BCUT2D eigenvalue weighted by atomic mass is 16.6. The Morgan fingerprint density at radius 3 is 1.62 bits per heavy atom. The monoisotopic (exact) mass is 468 g/mol. The van der Waals surface area contributed by atoms with E-state index in [1.165, 1.54) is 16.7 Å². The molecule has 34 heavy (non-hydrogen) atoms. The van der Waals surface area contributed by atoms with Crippen molar-refractivity contribution in [3.05, 3.63) is 71.8 Å². The minimum absolute atomic E-state index is 0.0116. The van der Waals surface area contributed by atoms with Crippen LogP contribution in [0.4, 0.5) is 9.59 Å². The van der Waals surface area contributed by atoms with Gasteiger partial charge in [-0.1, -0.05) is 60.7 Å². The van der Waals surface area contributed by atoms with E-state index < -0.39 is 24.2 Å². The first kappa shape index (κ1) is 24.8. The molecule has 0 aliphatic carbocycles. The number of amides is 2. The topological polar surface area (TPSA) is 113 Å². The summed E-state index contributed by atoms with van der Waals surface area (Å²) in [7, 11) is 0. The van der Waals surface area contributed by atoms with Gasteiger partial charge in [0.1, 0.15) is 6.04 Å². The van der Waals surface area contributed by atoms with Crippen molar-refractivity contribution in [2.24, 2.45) is 0 Å². The molecule has 0 aromatic heterocycles. The van der Waals surface area contributed by atoms with E-state index in [9.17, 15) is 19.2 Å². The highest BCUT2D eigenvalue weighted by molar-refractivity contribution is 5.86. The SMILES string of the molecule is CC(=O)[C@@H]1CCOC(=O)N1Cc1ccccc1.O=C(O)[C@@H]1CCOC(=O)N1Cc1ccccc1. The first-order valence-corrected chi connectivity index (χ1v) is 11.0. The molecule has 4 rings (SSSR count). The molecule has 2 heterocycles. The minimum atomic E-state index is -0.988. The van der Waals surface area contributed by atoms with Crippen molar-refractivity contribution in [3.8, 4) is 0 Å². The summed E-state index contributed by atoms with van der Waals surface area (Å²) in [6.45, 7) is 2.69. The summed E-state index contributed by atoms with van der Waals surface area (Å²) >= 11 is 0. The molecule has 2 aromatic carbocycles. The molecular formula is C25H28N2O7. The summed E-state index contributed by atoms with van der Waals surface area (Å²) < 4.78 is 9.84. The van der Waals surface area contributed by atoms with Crippen LogP contribution in [0.3, 0.4) is 0 Å². The van der Waals surface area contributed by atoms with Gasteiger partial charge in [0.2, 0.25) is 0 Å². The van der Waals surface area contributed by atoms with Crippen LogP contribution >= 0.6 is 0 Å². The summed E-state index contributed by atoms with van der Waals surface area (Å²) in [5, 5.41) is 9.06. The molecule has 2 fully saturated rings. The summed E-state index contributed by atoms with van der Waals surface area (Å²) in [4.78, 5) is 48.5. The molecule has 0 bridgehead atoms. The number of aliphatic carboxylic acids is 1. The smallest absolute Gasteiger partial charge is 0.410 e. The number of carboxylic acid groups (broad SMARTS) is 1. The number of rotatable bonds is 6. The van der Waals surface area contributed by atoms with Gasteiger partial charge in [-0.05, 0) is 18.1 Å². The average Bonchev–Trinajstić information content (AvgIpc) is 2.83. The van der Waals surface area contributed by atoms with Crippen LogP contribution in [-0.2, 0) is 32.2 Å². The van der Waals surface area contributed by atoms with Crippen LogP contribution in [0.5, 0.6) is 0 Å². The largest absolute Gasteiger partial charge is 0.480 e. The standard InChI is InChI=1S/C13H15NO3.C12H13NO4/c1-10(15)12-7-8-17-13(16)14(12)9-11-5-3-2-4-6-11;14-11(15)10-6-7-17-12(16)13(10)8-9-4-2-1-3-5-9/h2-6,12H,7-9H2,1H3;1-5,10H,6-8H2,(H,14,15)/t12-;10-/m00/s1. The Hall–Kier alpha value is -3.88. The second-order valence-electron chi connectivity index (χ2n) is 8.01. The molecular weight excluding hydrogens is 440 g/mol. The van der Waals surface area contributed by atoms with Gasteiger partial charge in [0.15, 0.2) is 5.78 Å². The predicted molar refractivity (Wildman–Crippen MR) is 122 cm³/mol. The fourth-order valence-electron chi connectivity index (χ4n) is 3.84. The van der Waals surface area contributed by atoms with Gasteiger partial charge in [-0.25, -0.2) is 14.4 Å². The second-order valence-corrected chi connectivity index (χ2v) is 8.01. The number of ketones is 1. The Morgan fingerprint density at radius 2 is 1.21 bits per heavy atom. The molecule has 9 nitrogen and oxygen atoms in total. The van der Waals surface area contributed by atoms with Crippen molar-refractivity contribution in [2.45, 2.75) is 44.9 Å². The number of hydrogen-bond donors (Lipinski definition) is 1. The lowest BCUT2D eigenvalue weighted by molar-refractivity contribution is -0.145. The van der Waals surface area contributed by atoms with Crippen LogP contribution in [0.25, 0.3) is 0 Å². The number of Topliss-reactive ketones (excluding diaryl/α,β-unsaturated/α-hetero) is 1. The van der Waals surface area contributed by atoms with Crippen LogP contribution < -0.4 is 0 Å². The number of nitrogens with zero attached hydrogens (tertiary/aromatic N) is 2. The number of carboxylic acids is 1. The molecule has 0 saturated carbocycles. The van der Waals surface area contributed by atoms with Crippen molar-refractivity contribution < 1.29 is 33.8 Å². The molecule has 2 aliphatic heterocycles. The Balaban J connectivity index is 0.000000191. The summed E-state index contributed by atoms with van der Waals surface area (Å²) in [6.07, 6.45) is -0.0604. The van der Waals surface area contributed by atoms with Crippen LogP contribution in [0.2, 0.25) is 0 Å². The lowest BCUT2D eigenvalue weighted by atomic mass is 10.1. The lowest BCUT2D eigenvalue weighted by Gasteiger charge is -2.33. The van der Waals surface area contributed by atoms with E-state index in [2.05, 4.69) is 0 Å². The zero-order valence-corrected chi connectivity index (χ0v) is 19.0. The highest BCUT2D eigenvalue weighted by Crippen LogP contribution is 2.18. The third kappa shape index (κ3) is 6.57. The van der Waals surface area contributed by atoms with E-state index >= 15 is 0 Å². The van der Waals surface area contributed by atoms with E-state index in [1.807, 2.05) is 60.7 Å². The molecule has 2 atom stereocenters. The quantitative estimate of drug-likeness (QED) is 0.691. The fourth-order valence-corrected chi connectivity index (χ4v) is 3.84. The maximum Gasteiger partial charge on any atom is 0.410 e. The first-order chi connectivity index (χ1) is 16.4. The van der Waals surface area contributed by atoms with E-state index in [4.69, 9.17) is 14.6 Å². The lowest BCUT2D eigenvalue weighted by Crippen LogP contribution is -2.49. The van der Waals surface area contributed by atoms with E-state index in [1.54, 1.807) is 0 Å². The molecule has 0 radical (unpaired) electrons. The number of cyclic esters (lactones) is 2. The Kier molecular flexibility index (Phi) is 8.61. The van der Waals surface area contributed by atoms with Gasteiger partial charge >= 0.3 is 18.2 Å². The minimum Gasteiger partial charge on any atom is -0.480 e. The maximum atomic E-state index is 11.7. The summed E-state index contributed by atoms with van der Waals surface area (Å²) in [5.74, 6) is -0.977. The molecule has 2 saturated heterocycles. The zero-order valence-electron chi connectivity index (χ0n) is 19.0. The summed E-state index contributed by atoms with van der Waals surface area (Å²) in [6, 6.07) is 17.7. The van der Waals surface area contributed by atoms with Gasteiger partial charge in [0.25, 0.3) is 0 Å². The molecule has 1 N–H and O–H groups in total. The van der Waals surface area contributed by atoms with Crippen molar-refractivity contribution in [1.82, 2.24) is 9.80 Å². The Bertz CT molecular complexity index is 915. The maximum absolute atomic E-state index is 11.7. The van der Waals surface area contributed by atoms with Gasteiger partial charge in [-0.3, -0.25) is 14.6 Å². The molecule has 2 aromatic rings. The van der Waals surface area contributed by atoms with Gasteiger partial charge in [0.05, 0.1) is 19.3 Å². The Morgan fingerprint density at radius 1 is 0.794 bits per heavy atom. The van der Waals surface area contributed by atoms with Gasteiger partial charge in [-0.15, -0.1) is 0 Å². The number of hydrogen-bond acceptors (Lipinski definition) is 6. The molecule has 0 unspecified atom stereocenters. The predicted octanol–water partition coefficient (Wildman–Crippen LogP) is 3.47. The average molecular weight is 469 g/mol. The van der Waals surface area contributed by atoms with Crippen molar-refractivity contribution in [1.29, 1.82) is 0 Å². The normalized spacial score (nSPS) is 19.9. The van der Waals surface area contributed by atoms with E-state index in [0.29, 0.717) is 26.0 Å². The number of ether oxygens (including phenoxy) is 2. The summed E-state index contributed by atoms with van der Waals surface area (Å²) in [5.41, 5.74) is 1.88. The zero-order chi connectivity index (χ0) is 24.5. The third-order valence-electron chi connectivity index (χ3n) is 5.60. The molecule has 2 aliphatic rings. The third-order valence-corrected chi connectivity index (χ3v) is 5.60. The van der Waals surface area contributed by atoms with E-state index in [0.717, 1.165) is 11.1 Å². The van der Waals surface area contributed by atoms with Crippen LogP contribution in [0, 0.1) is 0 Å². The van der Waals surface area contributed by atoms with Crippen LogP contribution in [-0.4, -0.2) is 64.1 Å². The van der Waals surface area contributed by atoms with Gasteiger partial charge < -0.3 is 14.6 Å². The van der Waals surface area contributed by atoms with Gasteiger partial charge in [0, 0.05) is 25.9 Å². The second kappa shape index (κ2) is 11.8. The Labute approximate surface area is 197 Å². The number of benzene rings is 2. The van der Waals surface area contributed by atoms with Crippen LogP contribution in [0.1, 0.15) is 30.9 Å². The number of carbonyl (C=O) groups is 4. The van der Waals surface area contributed by atoms with Crippen molar-refractivity contribution in [3.63, 3.8) is 0 Å². The van der Waals surface area contributed by atoms with Crippen LogP contribution in [0.15, 0.2) is 60.7 Å². The number of carbonyl (C=O) groups excluding carboxylic acids is 3. The molecule has 2 amide bonds. The van der Waals surface area contributed by atoms with Crippen molar-refractivity contribution in [2.75, 3.05) is 13.2 Å². The molecule has 0 spiro atoms. The first-order valence-electron chi connectivity index (χ1n) is 11.0. The fraction of sp³-hybridized carbons (Fsp3) is 0.360. The van der Waals surface area contributed by atoms with E-state index in [-0.39, 0.29) is 25.0 Å². The molecule has 180 valence electrons. The molecule has 9 heteroatoms.